The first-order valence-electron chi connectivity index (χ1n) is 5.50. The highest BCUT2D eigenvalue weighted by Gasteiger charge is 2.11. The van der Waals surface area contributed by atoms with Crippen LogP contribution in [-0.2, 0) is 11.3 Å². The number of aliphatic hydroxyl groups is 1. The fraction of sp³-hybridized carbons (Fsp3) is 0.417. The highest BCUT2D eigenvalue weighted by molar-refractivity contribution is 5.75. The maximum absolute atomic E-state index is 10.9. The van der Waals surface area contributed by atoms with Gasteiger partial charge in [-0.1, -0.05) is 12.1 Å². The Bertz CT molecular complexity index is 363. The van der Waals surface area contributed by atoms with Gasteiger partial charge in [0.15, 0.2) is 0 Å². The van der Waals surface area contributed by atoms with Gasteiger partial charge in [-0.2, -0.15) is 0 Å². The number of primary amides is 1. The van der Waals surface area contributed by atoms with Gasteiger partial charge >= 0.3 is 0 Å². The summed E-state index contributed by atoms with van der Waals surface area (Å²) in [6.45, 7) is 2.79. The van der Waals surface area contributed by atoms with Crippen molar-refractivity contribution in [1.82, 2.24) is 4.90 Å². The average Bonchev–Trinajstić information content (AvgIpc) is 2.19. The number of hydrogen-bond acceptors (Lipinski definition) is 4. The van der Waals surface area contributed by atoms with Gasteiger partial charge in [-0.25, -0.2) is 0 Å². The quantitative estimate of drug-likeness (QED) is 0.604. The van der Waals surface area contributed by atoms with Gasteiger partial charge in [-0.05, 0) is 24.6 Å². The van der Waals surface area contributed by atoms with Gasteiger partial charge in [-0.3, -0.25) is 9.69 Å². The van der Waals surface area contributed by atoms with Crippen LogP contribution < -0.4 is 11.5 Å². The Balaban J connectivity index is 2.64. The molecule has 0 aliphatic rings. The summed E-state index contributed by atoms with van der Waals surface area (Å²) in [5.41, 5.74) is 12.5. The van der Waals surface area contributed by atoms with Gasteiger partial charge in [0.1, 0.15) is 0 Å². The fourth-order valence-corrected chi connectivity index (χ4v) is 1.66. The summed E-state index contributed by atoms with van der Waals surface area (Å²) in [4.78, 5) is 12.7. The Morgan fingerprint density at radius 1 is 1.41 bits per heavy atom. The minimum atomic E-state index is -0.497. The molecule has 0 spiro atoms. The van der Waals surface area contributed by atoms with Crippen LogP contribution in [0.3, 0.4) is 0 Å². The molecule has 5 nitrogen and oxygen atoms in total. The molecule has 1 aromatic carbocycles. The van der Waals surface area contributed by atoms with Crippen molar-refractivity contribution < 1.29 is 9.90 Å². The molecule has 5 N–H and O–H groups in total. The van der Waals surface area contributed by atoms with E-state index in [0.29, 0.717) is 18.8 Å². The highest BCUT2D eigenvalue weighted by Crippen LogP contribution is 2.08. The van der Waals surface area contributed by atoms with Crippen LogP contribution in [0.1, 0.15) is 12.5 Å². The number of nitrogens with two attached hydrogens (primary N) is 2. The van der Waals surface area contributed by atoms with Gasteiger partial charge in [-0.15, -0.1) is 0 Å². The second kappa shape index (κ2) is 6.22. The summed E-state index contributed by atoms with van der Waals surface area (Å²) < 4.78 is 0. The summed E-state index contributed by atoms with van der Waals surface area (Å²) in [6.07, 6.45) is -0.497. The van der Waals surface area contributed by atoms with Gasteiger partial charge in [0, 0.05) is 18.8 Å². The maximum Gasteiger partial charge on any atom is 0.231 e. The molecule has 1 aromatic rings. The normalized spacial score (nSPS) is 12.6. The zero-order valence-corrected chi connectivity index (χ0v) is 9.97. The second-order valence-electron chi connectivity index (χ2n) is 4.23. The third-order valence-corrected chi connectivity index (χ3v) is 2.29. The van der Waals surface area contributed by atoms with E-state index in [0.717, 1.165) is 5.56 Å². The molecule has 0 aromatic heterocycles. The lowest BCUT2D eigenvalue weighted by Gasteiger charge is -2.22. The Hall–Kier alpha value is -1.59. The Labute approximate surface area is 101 Å². The molecule has 1 rings (SSSR count). The van der Waals surface area contributed by atoms with Crippen LogP contribution in [-0.4, -0.2) is 35.1 Å². The molecule has 0 heterocycles. The van der Waals surface area contributed by atoms with E-state index in [1.54, 1.807) is 24.0 Å². The van der Waals surface area contributed by atoms with Crippen LogP contribution in [0.2, 0.25) is 0 Å². The molecular weight excluding hydrogens is 218 g/mol. The monoisotopic (exact) mass is 237 g/mol. The zero-order valence-electron chi connectivity index (χ0n) is 9.97. The van der Waals surface area contributed by atoms with Crippen molar-refractivity contribution in [2.75, 3.05) is 18.8 Å². The summed E-state index contributed by atoms with van der Waals surface area (Å²) in [5.74, 6) is -0.402. The van der Waals surface area contributed by atoms with Gasteiger partial charge < -0.3 is 16.6 Å². The lowest BCUT2D eigenvalue weighted by molar-refractivity contribution is -0.119. The predicted molar refractivity (Wildman–Crippen MR) is 67.0 cm³/mol. The highest BCUT2D eigenvalue weighted by atomic mass is 16.3. The molecular formula is C12H19N3O2. The number of nitrogen functional groups attached to an aromatic ring is 1. The van der Waals surface area contributed by atoms with Gasteiger partial charge in [0.2, 0.25) is 5.91 Å². The first kappa shape index (κ1) is 13.5. The number of hydrogen-bond donors (Lipinski definition) is 3. The van der Waals surface area contributed by atoms with Gasteiger partial charge in [0.25, 0.3) is 0 Å². The first-order valence-corrected chi connectivity index (χ1v) is 5.50. The molecule has 0 saturated heterocycles. The molecule has 94 valence electrons. The number of nitrogens with zero attached hydrogens (tertiary/aromatic N) is 1. The van der Waals surface area contributed by atoms with E-state index in [1.807, 2.05) is 12.1 Å². The van der Waals surface area contributed by atoms with Crippen molar-refractivity contribution in [3.05, 3.63) is 29.8 Å². The SMILES string of the molecule is CC(O)CN(CC(N)=O)Cc1ccc(N)cc1. The van der Waals surface area contributed by atoms with E-state index in [9.17, 15) is 9.90 Å². The predicted octanol–water partition coefficient (Wildman–Crippen LogP) is -0.0631. The Morgan fingerprint density at radius 2 is 2.00 bits per heavy atom. The van der Waals surface area contributed by atoms with E-state index >= 15 is 0 Å². The Morgan fingerprint density at radius 3 is 2.47 bits per heavy atom. The van der Waals surface area contributed by atoms with Crippen LogP contribution >= 0.6 is 0 Å². The number of carbonyl (C=O) groups excluding carboxylic acids is 1. The lowest BCUT2D eigenvalue weighted by Crippen LogP contribution is -2.37. The van der Waals surface area contributed by atoms with Crippen molar-refractivity contribution in [1.29, 1.82) is 0 Å². The third-order valence-electron chi connectivity index (χ3n) is 2.29. The topological polar surface area (TPSA) is 92.6 Å². The minimum Gasteiger partial charge on any atom is -0.399 e. The van der Waals surface area contributed by atoms with Crippen molar-refractivity contribution >= 4 is 11.6 Å². The molecule has 0 aliphatic carbocycles. The molecule has 1 atom stereocenters. The van der Waals surface area contributed by atoms with Crippen LogP contribution in [0, 0.1) is 0 Å². The van der Waals surface area contributed by atoms with Crippen LogP contribution in [0.4, 0.5) is 5.69 Å². The van der Waals surface area contributed by atoms with E-state index in [4.69, 9.17) is 11.5 Å². The number of aliphatic hydroxyl groups excluding tert-OH is 1. The van der Waals surface area contributed by atoms with Crippen molar-refractivity contribution in [3.63, 3.8) is 0 Å². The number of anilines is 1. The molecule has 5 heteroatoms. The zero-order chi connectivity index (χ0) is 12.8. The Kier molecular flexibility index (Phi) is 4.93. The van der Waals surface area contributed by atoms with E-state index in [2.05, 4.69) is 0 Å². The number of rotatable bonds is 6. The lowest BCUT2D eigenvalue weighted by atomic mass is 10.2. The molecule has 0 radical (unpaired) electrons. The standard InChI is InChI=1S/C12H19N3O2/c1-9(16)6-15(8-12(14)17)7-10-2-4-11(13)5-3-10/h2-5,9,16H,6-8,13H2,1H3,(H2,14,17). The van der Waals surface area contributed by atoms with Crippen LogP contribution in [0.5, 0.6) is 0 Å². The molecule has 17 heavy (non-hydrogen) atoms. The van der Waals surface area contributed by atoms with Crippen molar-refractivity contribution in [3.8, 4) is 0 Å². The maximum atomic E-state index is 10.9. The molecule has 1 unspecified atom stereocenters. The largest absolute Gasteiger partial charge is 0.399 e. The number of benzene rings is 1. The number of amides is 1. The van der Waals surface area contributed by atoms with E-state index in [-0.39, 0.29) is 6.54 Å². The molecule has 0 bridgehead atoms. The fourth-order valence-electron chi connectivity index (χ4n) is 1.66. The van der Waals surface area contributed by atoms with Crippen molar-refractivity contribution in [2.24, 2.45) is 5.73 Å². The summed E-state index contributed by atoms with van der Waals surface area (Å²) >= 11 is 0. The van der Waals surface area contributed by atoms with Crippen molar-refractivity contribution in [2.45, 2.75) is 19.6 Å². The average molecular weight is 237 g/mol. The van der Waals surface area contributed by atoms with E-state index in [1.165, 1.54) is 0 Å². The summed E-state index contributed by atoms with van der Waals surface area (Å²) in [5, 5.41) is 9.34. The molecule has 0 aliphatic heterocycles. The first-order chi connectivity index (χ1) is 7.97. The second-order valence-corrected chi connectivity index (χ2v) is 4.23. The van der Waals surface area contributed by atoms with E-state index < -0.39 is 12.0 Å². The summed E-state index contributed by atoms with van der Waals surface area (Å²) in [7, 11) is 0. The summed E-state index contributed by atoms with van der Waals surface area (Å²) in [6, 6.07) is 7.40. The number of carbonyl (C=O) groups is 1. The third kappa shape index (κ3) is 5.33. The van der Waals surface area contributed by atoms with Crippen LogP contribution in [0.25, 0.3) is 0 Å². The smallest absolute Gasteiger partial charge is 0.231 e. The molecule has 1 amide bonds. The molecule has 0 fully saturated rings. The van der Waals surface area contributed by atoms with Crippen LogP contribution in [0.15, 0.2) is 24.3 Å². The van der Waals surface area contributed by atoms with Gasteiger partial charge in [0.05, 0.1) is 12.6 Å². The molecule has 0 saturated carbocycles. The minimum absolute atomic E-state index is 0.134.